The molecule has 1 amide bonds. The lowest BCUT2D eigenvalue weighted by molar-refractivity contribution is 0.0951. The van der Waals surface area contributed by atoms with E-state index in [1.54, 1.807) is 12.1 Å². The molecule has 0 aliphatic heterocycles. The number of benzene rings is 1. The number of carbonyl (C=O) groups excluding carboxylic acids is 1. The van der Waals surface area contributed by atoms with E-state index >= 15 is 0 Å². The number of nitrogens with one attached hydrogen (secondary N) is 2. The predicted octanol–water partition coefficient (Wildman–Crippen LogP) is 2.84. The Morgan fingerprint density at radius 1 is 1.20 bits per heavy atom. The van der Waals surface area contributed by atoms with Gasteiger partial charge in [-0.2, -0.15) is 0 Å². The summed E-state index contributed by atoms with van der Waals surface area (Å²) < 4.78 is 0. The Balaban J connectivity index is 2.07. The summed E-state index contributed by atoms with van der Waals surface area (Å²) in [6.07, 6.45) is 5.88. The van der Waals surface area contributed by atoms with Crippen LogP contribution in [-0.2, 0) is 0 Å². The van der Waals surface area contributed by atoms with Crippen molar-refractivity contribution in [2.45, 2.75) is 32.6 Å². The van der Waals surface area contributed by atoms with Crippen LogP contribution in [0.3, 0.4) is 0 Å². The van der Waals surface area contributed by atoms with Gasteiger partial charge < -0.3 is 10.3 Å². The van der Waals surface area contributed by atoms with Gasteiger partial charge in [0.05, 0.1) is 0 Å². The minimum atomic E-state index is -0.298. The molecule has 1 aromatic carbocycles. The van der Waals surface area contributed by atoms with Crippen LogP contribution in [0.1, 0.15) is 43.0 Å². The lowest BCUT2D eigenvalue weighted by atomic mass is 10.1. The number of pyridine rings is 1. The van der Waals surface area contributed by atoms with Crippen molar-refractivity contribution in [1.82, 2.24) is 10.3 Å². The average molecular weight is 272 g/mol. The summed E-state index contributed by atoms with van der Waals surface area (Å²) >= 11 is 0. The molecule has 1 aromatic heterocycles. The Morgan fingerprint density at radius 2 is 2.00 bits per heavy atom. The van der Waals surface area contributed by atoms with Crippen LogP contribution in [0, 0.1) is 0 Å². The summed E-state index contributed by atoms with van der Waals surface area (Å²) in [6.45, 7) is 2.76. The highest BCUT2D eigenvalue weighted by molar-refractivity contribution is 5.97. The summed E-state index contributed by atoms with van der Waals surface area (Å²) in [6, 6.07) is 7.20. The molecular formula is C16H20N2O2. The first-order valence-electron chi connectivity index (χ1n) is 7.12. The van der Waals surface area contributed by atoms with E-state index in [-0.39, 0.29) is 16.9 Å². The van der Waals surface area contributed by atoms with Gasteiger partial charge >= 0.3 is 0 Å². The summed E-state index contributed by atoms with van der Waals surface area (Å²) in [5.74, 6) is -0.298. The van der Waals surface area contributed by atoms with Gasteiger partial charge in [0.15, 0.2) is 0 Å². The fraction of sp³-hybridized carbons (Fsp3) is 0.375. The minimum absolute atomic E-state index is 0.180. The van der Waals surface area contributed by atoms with E-state index in [1.807, 2.05) is 12.1 Å². The van der Waals surface area contributed by atoms with Gasteiger partial charge in [-0.15, -0.1) is 0 Å². The normalized spacial score (nSPS) is 10.7. The van der Waals surface area contributed by atoms with Crippen LogP contribution in [0.2, 0.25) is 0 Å². The largest absolute Gasteiger partial charge is 0.360 e. The molecule has 106 valence electrons. The molecule has 2 aromatic rings. The molecule has 0 saturated heterocycles. The first-order valence-corrected chi connectivity index (χ1v) is 7.12. The zero-order valence-electron chi connectivity index (χ0n) is 11.7. The monoisotopic (exact) mass is 272 g/mol. The number of unbranched alkanes of at least 4 members (excludes halogenated alkanes) is 3. The molecule has 0 fully saturated rings. The number of rotatable bonds is 6. The SMILES string of the molecule is CCCCCCNC(=O)c1c[nH]c2ccccc2c1=O. The molecule has 0 spiro atoms. The molecule has 0 unspecified atom stereocenters. The number of aromatic amines is 1. The predicted molar refractivity (Wildman–Crippen MR) is 81.0 cm³/mol. The number of para-hydroxylation sites is 1. The lowest BCUT2D eigenvalue weighted by Crippen LogP contribution is -2.29. The maximum absolute atomic E-state index is 12.2. The maximum atomic E-state index is 12.2. The van der Waals surface area contributed by atoms with E-state index in [0.29, 0.717) is 11.9 Å². The van der Waals surface area contributed by atoms with E-state index in [1.165, 1.54) is 12.6 Å². The quantitative estimate of drug-likeness (QED) is 0.794. The summed E-state index contributed by atoms with van der Waals surface area (Å²) in [5, 5.41) is 3.35. The second-order valence-corrected chi connectivity index (χ2v) is 4.89. The Kier molecular flexibility index (Phi) is 4.93. The molecule has 0 atom stereocenters. The molecule has 1 heterocycles. The number of aromatic nitrogens is 1. The van der Waals surface area contributed by atoms with Crippen molar-refractivity contribution < 1.29 is 4.79 Å². The second-order valence-electron chi connectivity index (χ2n) is 4.89. The third-order valence-corrected chi connectivity index (χ3v) is 3.35. The molecule has 0 aliphatic carbocycles. The van der Waals surface area contributed by atoms with Gasteiger partial charge in [0, 0.05) is 23.6 Å². The van der Waals surface area contributed by atoms with E-state index in [9.17, 15) is 9.59 Å². The summed E-state index contributed by atoms with van der Waals surface area (Å²) in [4.78, 5) is 27.2. The van der Waals surface area contributed by atoms with Crippen molar-refractivity contribution in [2.75, 3.05) is 6.54 Å². The molecule has 2 N–H and O–H groups in total. The van der Waals surface area contributed by atoms with Crippen molar-refractivity contribution in [3.63, 3.8) is 0 Å². The van der Waals surface area contributed by atoms with Crippen molar-refractivity contribution >= 4 is 16.8 Å². The van der Waals surface area contributed by atoms with Gasteiger partial charge in [0.1, 0.15) is 5.56 Å². The fourth-order valence-corrected chi connectivity index (χ4v) is 2.19. The van der Waals surface area contributed by atoms with Crippen LogP contribution in [0.25, 0.3) is 10.9 Å². The highest BCUT2D eigenvalue weighted by atomic mass is 16.2. The Labute approximate surface area is 118 Å². The van der Waals surface area contributed by atoms with Gasteiger partial charge in [-0.3, -0.25) is 9.59 Å². The standard InChI is InChI=1S/C16H20N2O2/c1-2-3-4-7-10-17-16(20)13-11-18-14-9-6-5-8-12(14)15(13)19/h5-6,8-9,11H,2-4,7,10H2,1H3,(H,17,20)(H,18,19). The zero-order valence-corrected chi connectivity index (χ0v) is 11.7. The van der Waals surface area contributed by atoms with Crippen molar-refractivity contribution in [3.05, 3.63) is 46.2 Å². The molecule has 2 rings (SSSR count). The number of H-pyrrole nitrogens is 1. The van der Waals surface area contributed by atoms with Crippen molar-refractivity contribution in [2.24, 2.45) is 0 Å². The minimum Gasteiger partial charge on any atom is -0.360 e. The number of carbonyl (C=O) groups is 1. The zero-order chi connectivity index (χ0) is 14.4. The van der Waals surface area contributed by atoms with E-state index in [2.05, 4.69) is 17.2 Å². The number of fused-ring (bicyclic) bond motifs is 1. The van der Waals surface area contributed by atoms with E-state index in [4.69, 9.17) is 0 Å². The first kappa shape index (κ1) is 14.3. The lowest BCUT2D eigenvalue weighted by Gasteiger charge is -2.05. The van der Waals surface area contributed by atoms with Crippen LogP contribution in [0.4, 0.5) is 0 Å². The molecule has 4 heteroatoms. The van der Waals surface area contributed by atoms with Crippen LogP contribution in [-0.4, -0.2) is 17.4 Å². The van der Waals surface area contributed by atoms with Gasteiger partial charge in [-0.1, -0.05) is 38.3 Å². The molecular weight excluding hydrogens is 252 g/mol. The highest BCUT2D eigenvalue weighted by Crippen LogP contribution is 2.07. The highest BCUT2D eigenvalue weighted by Gasteiger charge is 2.11. The number of hydrogen-bond donors (Lipinski definition) is 2. The Bertz CT molecular complexity index is 646. The van der Waals surface area contributed by atoms with Gasteiger partial charge in [0.2, 0.25) is 5.43 Å². The van der Waals surface area contributed by atoms with Gasteiger partial charge in [0.25, 0.3) is 5.91 Å². The molecule has 4 nitrogen and oxygen atoms in total. The number of amides is 1. The molecule has 0 radical (unpaired) electrons. The third kappa shape index (κ3) is 3.26. The van der Waals surface area contributed by atoms with Gasteiger partial charge in [-0.25, -0.2) is 0 Å². The van der Waals surface area contributed by atoms with Crippen molar-refractivity contribution in [1.29, 1.82) is 0 Å². The Morgan fingerprint density at radius 3 is 2.80 bits per heavy atom. The molecule has 0 aliphatic rings. The van der Waals surface area contributed by atoms with Crippen LogP contribution in [0.5, 0.6) is 0 Å². The first-order chi connectivity index (χ1) is 9.74. The van der Waals surface area contributed by atoms with Crippen LogP contribution in [0.15, 0.2) is 35.3 Å². The second kappa shape index (κ2) is 6.89. The number of hydrogen-bond acceptors (Lipinski definition) is 2. The van der Waals surface area contributed by atoms with Crippen LogP contribution < -0.4 is 10.7 Å². The topological polar surface area (TPSA) is 62.0 Å². The smallest absolute Gasteiger partial charge is 0.256 e. The average Bonchev–Trinajstić information content (AvgIpc) is 2.47. The summed E-state index contributed by atoms with van der Waals surface area (Å²) in [5.41, 5.74) is 0.710. The molecule has 0 saturated carbocycles. The molecule has 20 heavy (non-hydrogen) atoms. The Hall–Kier alpha value is -2.10. The third-order valence-electron chi connectivity index (χ3n) is 3.35. The van der Waals surface area contributed by atoms with Crippen molar-refractivity contribution in [3.8, 4) is 0 Å². The van der Waals surface area contributed by atoms with E-state index in [0.717, 1.165) is 24.8 Å². The van der Waals surface area contributed by atoms with Gasteiger partial charge in [-0.05, 0) is 18.6 Å². The fourth-order valence-electron chi connectivity index (χ4n) is 2.19. The van der Waals surface area contributed by atoms with E-state index < -0.39 is 0 Å². The van der Waals surface area contributed by atoms with Crippen LogP contribution >= 0.6 is 0 Å². The molecule has 0 bridgehead atoms. The maximum Gasteiger partial charge on any atom is 0.256 e. The summed E-state index contributed by atoms with van der Waals surface area (Å²) in [7, 11) is 0.